The minimum absolute atomic E-state index is 0.131. The summed E-state index contributed by atoms with van der Waals surface area (Å²) in [5, 5.41) is 2.49. The van der Waals surface area contributed by atoms with Gasteiger partial charge in [0.25, 0.3) is 0 Å². The molecule has 9 aromatic carbocycles. The summed E-state index contributed by atoms with van der Waals surface area (Å²) in [5.74, 6) is 0. The first-order valence-corrected chi connectivity index (χ1v) is 19.5. The lowest BCUT2D eigenvalue weighted by atomic mass is 9.82. The van der Waals surface area contributed by atoms with Crippen LogP contribution in [0.1, 0.15) is 25.0 Å². The van der Waals surface area contributed by atoms with Crippen LogP contribution < -0.4 is 4.90 Å². The maximum atomic E-state index is 2.47. The van der Waals surface area contributed by atoms with Crippen LogP contribution in [-0.2, 0) is 5.41 Å². The van der Waals surface area contributed by atoms with Crippen molar-refractivity contribution in [2.24, 2.45) is 0 Å². The second-order valence-electron chi connectivity index (χ2n) is 15.3. The first-order valence-electron chi connectivity index (χ1n) is 19.5. The topological polar surface area (TPSA) is 3.24 Å². The number of anilines is 3. The lowest BCUT2D eigenvalue weighted by molar-refractivity contribution is 0.660. The number of fused-ring (bicyclic) bond motifs is 4. The van der Waals surface area contributed by atoms with Crippen LogP contribution in [-0.4, -0.2) is 0 Å². The summed E-state index contributed by atoms with van der Waals surface area (Å²) in [6.45, 7) is 4.72. The van der Waals surface area contributed by atoms with Crippen molar-refractivity contribution in [1.82, 2.24) is 0 Å². The van der Waals surface area contributed by atoms with Gasteiger partial charge < -0.3 is 4.90 Å². The molecule has 0 saturated heterocycles. The van der Waals surface area contributed by atoms with Gasteiger partial charge in [-0.25, -0.2) is 0 Å². The van der Waals surface area contributed by atoms with E-state index in [-0.39, 0.29) is 5.41 Å². The van der Waals surface area contributed by atoms with Crippen molar-refractivity contribution >= 4 is 27.8 Å². The van der Waals surface area contributed by atoms with Gasteiger partial charge in [0.15, 0.2) is 0 Å². The van der Waals surface area contributed by atoms with E-state index in [0.29, 0.717) is 0 Å². The monoisotopic (exact) mass is 715 g/mol. The van der Waals surface area contributed by atoms with E-state index in [9.17, 15) is 0 Å². The smallest absolute Gasteiger partial charge is 0.0540 e. The van der Waals surface area contributed by atoms with Gasteiger partial charge in [0.05, 0.1) is 5.69 Å². The molecule has 0 atom stereocenters. The van der Waals surface area contributed by atoms with E-state index in [1.165, 1.54) is 77.5 Å². The van der Waals surface area contributed by atoms with Crippen molar-refractivity contribution in [1.29, 1.82) is 0 Å². The number of hydrogen-bond acceptors (Lipinski definition) is 1. The molecule has 0 aliphatic heterocycles. The fourth-order valence-corrected chi connectivity index (χ4v) is 8.89. The van der Waals surface area contributed by atoms with E-state index in [1.807, 2.05) is 0 Å². The van der Waals surface area contributed by atoms with Gasteiger partial charge in [-0.1, -0.05) is 190 Å². The predicted octanol–water partition coefficient (Wildman–Crippen LogP) is 15.3. The predicted molar refractivity (Wildman–Crippen MR) is 238 cm³/mol. The Kier molecular flexibility index (Phi) is 8.23. The molecule has 1 nitrogen and oxygen atoms in total. The van der Waals surface area contributed by atoms with E-state index in [2.05, 4.69) is 231 Å². The van der Waals surface area contributed by atoms with E-state index >= 15 is 0 Å². The summed E-state index contributed by atoms with van der Waals surface area (Å²) in [5.41, 5.74) is 18.2. The lowest BCUT2D eigenvalue weighted by Gasteiger charge is -2.30. The van der Waals surface area contributed by atoms with E-state index < -0.39 is 0 Å². The summed E-state index contributed by atoms with van der Waals surface area (Å²) >= 11 is 0. The molecular formula is C55H41N. The molecule has 0 N–H and O–H groups in total. The lowest BCUT2D eigenvalue weighted by Crippen LogP contribution is -2.17. The van der Waals surface area contributed by atoms with Crippen LogP contribution in [0, 0.1) is 0 Å². The first-order chi connectivity index (χ1) is 27.5. The van der Waals surface area contributed by atoms with Gasteiger partial charge in [0, 0.05) is 22.4 Å². The van der Waals surface area contributed by atoms with Crippen LogP contribution >= 0.6 is 0 Å². The number of benzene rings is 9. The fourth-order valence-electron chi connectivity index (χ4n) is 8.89. The van der Waals surface area contributed by atoms with Crippen LogP contribution in [0.2, 0.25) is 0 Å². The van der Waals surface area contributed by atoms with Crippen LogP contribution in [0.3, 0.4) is 0 Å². The van der Waals surface area contributed by atoms with Gasteiger partial charge in [0.2, 0.25) is 0 Å². The minimum atomic E-state index is -0.131. The molecule has 0 saturated carbocycles. The minimum Gasteiger partial charge on any atom is -0.310 e. The molecule has 1 aliphatic rings. The van der Waals surface area contributed by atoms with Gasteiger partial charge in [-0.3, -0.25) is 0 Å². The van der Waals surface area contributed by atoms with Gasteiger partial charge in [-0.2, -0.15) is 0 Å². The third kappa shape index (κ3) is 5.72. The number of para-hydroxylation sites is 1. The van der Waals surface area contributed by atoms with Gasteiger partial charge in [0.1, 0.15) is 0 Å². The van der Waals surface area contributed by atoms with Crippen LogP contribution in [0.25, 0.3) is 66.4 Å². The zero-order valence-corrected chi connectivity index (χ0v) is 31.7. The molecule has 56 heavy (non-hydrogen) atoms. The molecule has 0 spiro atoms. The van der Waals surface area contributed by atoms with Crippen molar-refractivity contribution in [2.45, 2.75) is 19.3 Å². The third-order valence-corrected chi connectivity index (χ3v) is 11.7. The average molecular weight is 716 g/mol. The molecule has 0 bridgehead atoms. The Labute approximate surface area is 329 Å². The standard InChI is InChI=1S/C55H41N/c1-55(2)52-29-14-12-27-49(52)50-34-33-44(37-53(50)55)56(43-22-16-21-41(36-43)42-32-31-38-17-6-7-20-40(38)35-42)54-30-15-13-28-51(54)48-26-11-10-25-47(48)46-24-9-8-23-45(46)39-18-4-3-5-19-39/h3-37H,1-2H3. The van der Waals surface area contributed by atoms with Gasteiger partial charge in [-0.05, 0) is 108 Å². The van der Waals surface area contributed by atoms with Crippen molar-refractivity contribution < 1.29 is 0 Å². The quantitative estimate of drug-likeness (QED) is 0.159. The molecule has 0 radical (unpaired) electrons. The summed E-state index contributed by atoms with van der Waals surface area (Å²) in [7, 11) is 0. The third-order valence-electron chi connectivity index (χ3n) is 11.7. The highest BCUT2D eigenvalue weighted by Gasteiger charge is 2.36. The summed E-state index contributed by atoms with van der Waals surface area (Å²) in [4.78, 5) is 2.47. The van der Waals surface area contributed by atoms with E-state index in [4.69, 9.17) is 0 Å². The fraction of sp³-hybridized carbons (Fsp3) is 0.0545. The molecule has 1 heteroatoms. The van der Waals surface area contributed by atoms with E-state index in [1.54, 1.807) is 0 Å². The molecule has 266 valence electrons. The summed E-state index contributed by atoms with van der Waals surface area (Å²) in [6.07, 6.45) is 0. The van der Waals surface area contributed by atoms with Crippen LogP contribution in [0.5, 0.6) is 0 Å². The largest absolute Gasteiger partial charge is 0.310 e. The number of nitrogens with zero attached hydrogens (tertiary/aromatic N) is 1. The van der Waals surface area contributed by atoms with Crippen molar-refractivity contribution in [3.63, 3.8) is 0 Å². The molecular weight excluding hydrogens is 675 g/mol. The van der Waals surface area contributed by atoms with Crippen molar-refractivity contribution in [3.05, 3.63) is 223 Å². The molecule has 0 fully saturated rings. The van der Waals surface area contributed by atoms with E-state index in [0.717, 1.165) is 17.1 Å². The molecule has 0 amide bonds. The van der Waals surface area contributed by atoms with Crippen molar-refractivity contribution in [3.8, 4) is 55.6 Å². The number of hydrogen-bond donors (Lipinski definition) is 0. The highest BCUT2D eigenvalue weighted by atomic mass is 15.1. The van der Waals surface area contributed by atoms with Crippen LogP contribution in [0.15, 0.2) is 212 Å². The Hall–Kier alpha value is -6.96. The molecule has 9 aromatic rings. The van der Waals surface area contributed by atoms with Crippen molar-refractivity contribution in [2.75, 3.05) is 4.90 Å². The summed E-state index contributed by atoms with van der Waals surface area (Å²) < 4.78 is 0. The molecule has 1 aliphatic carbocycles. The number of rotatable bonds is 7. The molecule has 10 rings (SSSR count). The molecule has 0 unspecified atom stereocenters. The zero-order chi connectivity index (χ0) is 37.6. The Morgan fingerprint density at radius 1 is 0.304 bits per heavy atom. The van der Waals surface area contributed by atoms with Gasteiger partial charge >= 0.3 is 0 Å². The SMILES string of the molecule is CC1(C)c2ccccc2-c2ccc(N(c3cccc(-c4ccc5ccccc5c4)c3)c3ccccc3-c3ccccc3-c3ccccc3-c3ccccc3)cc21. The first kappa shape index (κ1) is 33.6. The van der Waals surface area contributed by atoms with Crippen LogP contribution in [0.4, 0.5) is 17.1 Å². The highest BCUT2D eigenvalue weighted by Crippen LogP contribution is 2.52. The maximum absolute atomic E-state index is 2.47. The zero-order valence-electron chi connectivity index (χ0n) is 31.7. The average Bonchev–Trinajstić information content (AvgIpc) is 3.49. The Bertz CT molecular complexity index is 2900. The maximum Gasteiger partial charge on any atom is 0.0540 e. The molecule has 0 aromatic heterocycles. The normalized spacial score (nSPS) is 12.6. The second-order valence-corrected chi connectivity index (χ2v) is 15.3. The Morgan fingerprint density at radius 3 is 1.62 bits per heavy atom. The summed E-state index contributed by atoms with van der Waals surface area (Å²) in [6, 6.07) is 77.7. The molecule has 0 heterocycles. The van der Waals surface area contributed by atoms with Gasteiger partial charge in [-0.15, -0.1) is 0 Å². The Morgan fingerprint density at radius 2 is 0.839 bits per heavy atom. The Balaban J connectivity index is 1.18. The highest BCUT2D eigenvalue weighted by molar-refractivity contribution is 5.98. The second kappa shape index (κ2) is 13.7.